The van der Waals surface area contributed by atoms with E-state index in [2.05, 4.69) is 15.9 Å². The molecule has 0 unspecified atom stereocenters. The summed E-state index contributed by atoms with van der Waals surface area (Å²) in [5, 5.41) is 0.225. The van der Waals surface area contributed by atoms with Crippen LogP contribution in [0.2, 0.25) is 0 Å². The van der Waals surface area contributed by atoms with E-state index in [1.165, 1.54) is 31.4 Å². The van der Waals surface area contributed by atoms with Gasteiger partial charge in [0.25, 0.3) is 5.56 Å². The van der Waals surface area contributed by atoms with Crippen molar-refractivity contribution in [3.63, 3.8) is 0 Å². The van der Waals surface area contributed by atoms with Crippen molar-refractivity contribution in [1.29, 1.82) is 0 Å². The fourth-order valence-electron chi connectivity index (χ4n) is 2.22. The number of halogens is 2. The lowest BCUT2D eigenvalue weighted by Gasteiger charge is -2.07. The van der Waals surface area contributed by atoms with E-state index in [-0.39, 0.29) is 23.1 Å². The number of hydrogen-bond acceptors (Lipinski definition) is 4. The fraction of sp³-hybridized carbons (Fsp3) is 0.125. The number of methoxy groups -OCH3 is 1. The van der Waals surface area contributed by atoms with E-state index < -0.39 is 17.1 Å². The second-order valence-electron chi connectivity index (χ2n) is 4.86. The first-order valence-electron chi connectivity index (χ1n) is 6.65. The van der Waals surface area contributed by atoms with Crippen molar-refractivity contribution in [3.8, 4) is 5.75 Å². The zero-order valence-electron chi connectivity index (χ0n) is 12.0. The highest BCUT2D eigenvalue weighted by atomic mass is 79.9. The minimum atomic E-state index is -0.849. The summed E-state index contributed by atoms with van der Waals surface area (Å²) in [5.74, 6) is -0.893. The van der Waals surface area contributed by atoms with Crippen LogP contribution in [0.3, 0.4) is 0 Å². The van der Waals surface area contributed by atoms with Crippen molar-refractivity contribution in [2.45, 2.75) is 6.54 Å². The van der Waals surface area contributed by atoms with Crippen LogP contribution < -0.4 is 16.1 Å². The maximum Gasteiger partial charge on any atom is 0.422 e. The van der Waals surface area contributed by atoms with Crippen LogP contribution in [-0.2, 0) is 6.54 Å². The summed E-state index contributed by atoms with van der Waals surface area (Å²) in [4.78, 5) is 24.5. The lowest BCUT2D eigenvalue weighted by molar-refractivity contribution is 0.412. The molecule has 118 valence electrons. The highest BCUT2D eigenvalue weighted by Gasteiger charge is 2.13. The lowest BCUT2D eigenvalue weighted by atomic mass is 10.2. The van der Waals surface area contributed by atoms with E-state index in [1.807, 2.05) is 0 Å². The molecule has 0 aliphatic rings. The molecule has 0 saturated heterocycles. The molecular formula is C16H11BrFNO4. The van der Waals surface area contributed by atoms with Crippen molar-refractivity contribution in [2.75, 3.05) is 7.11 Å². The molecule has 1 heterocycles. The summed E-state index contributed by atoms with van der Waals surface area (Å²) in [5.41, 5.74) is -0.191. The van der Waals surface area contributed by atoms with Crippen LogP contribution in [0.4, 0.5) is 4.39 Å². The third-order valence-corrected chi connectivity index (χ3v) is 3.92. The topological polar surface area (TPSA) is 61.4 Å². The Morgan fingerprint density at radius 3 is 2.70 bits per heavy atom. The molecule has 0 bridgehead atoms. The van der Waals surface area contributed by atoms with Crippen LogP contribution in [0.5, 0.6) is 5.75 Å². The quantitative estimate of drug-likeness (QED) is 0.701. The van der Waals surface area contributed by atoms with Gasteiger partial charge in [-0.1, -0.05) is 22.0 Å². The standard InChI is InChI=1S/C16H11BrFNO4/c1-22-11-4-5-12-14(7-11)23-16(21)19(15(12)20)8-9-2-3-10(17)6-13(9)18/h2-7H,8H2,1H3. The van der Waals surface area contributed by atoms with E-state index in [0.29, 0.717) is 10.2 Å². The Hall–Kier alpha value is -2.41. The highest BCUT2D eigenvalue weighted by Crippen LogP contribution is 2.18. The maximum absolute atomic E-state index is 13.9. The maximum atomic E-state index is 13.9. The molecule has 3 aromatic rings. The molecule has 23 heavy (non-hydrogen) atoms. The third-order valence-electron chi connectivity index (χ3n) is 3.43. The smallest absolute Gasteiger partial charge is 0.422 e. The summed E-state index contributed by atoms with van der Waals surface area (Å²) in [6.07, 6.45) is 0. The zero-order chi connectivity index (χ0) is 16.6. The van der Waals surface area contributed by atoms with Crippen LogP contribution in [-0.4, -0.2) is 11.7 Å². The predicted molar refractivity (Wildman–Crippen MR) is 86.5 cm³/mol. The molecular weight excluding hydrogens is 369 g/mol. The molecule has 0 aliphatic carbocycles. The minimum absolute atomic E-state index is 0.131. The monoisotopic (exact) mass is 379 g/mol. The fourth-order valence-corrected chi connectivity index (χ4v) is 2.56. The SMILES string of the molecule is COc1ccc2c(=O)n(Cc3ccc(Br)cc3F)c(=O)oc2c1. The van der Waals surface area contributed by atoms with Gasteiger partial charge in [0.15, 0.2) is 0 Å². The van der Waals surface area contributed by atoms with Gasteiger partial charge in [0.1, 0.15) is 17.1 Å². The second kappa shape index (κ2) is 6.00. The first-order valence-corrected chi connectivity index (χ1v) is 7.44. The van der Waals surface area contributed by atoms with Gasteiger partial charge >= 0.3 is 5.76 Å². The number of fused-ring (bicyclic) bond motifs is 1. The van der Waals surface area contributed by atoms with Gasteiger partial charge in [-0.3, -0.25) is 4.79 Å². The number of rotatable bonds is 3. The molecule has 7 heteroatoms. The van der Waals surface area contributed by atoms with Crippen molar-refractivity contribution in [1.82, 2.24) is 4.57 Å². The van der Waals surface area contributed by atoms with Gasteiger partial charge in [-0.2, -0.15) is 0 Å². The second-order valence-corrected chi connectivity index (χ2v) is 5.77. The molecule has 0 amide bonds. The molecule has 0 radical (unpaired) electrons. The molecule has 0 fully saturated rings. The number of benzene rings is 2. The lowest BCUT2D eigenvalue weighted by Crippen LogP contribution is -2.33. The molecule has 3 rings (SSSR count). The summed E-state index contributed by atoms with van der Waals surface area (Å²) in [6.45, 7) is -0.206. The first kappa shape index (κ1) is 15.5. The van der Waals surface area contributed by atoms with E-state index in [9.17, 15) is 14.0 Å². The van der Waals surface area contributed by atoms with Crippen LogP contribution in [0.25, 0.3) is 11.0 Å². The van der Waals surface area contributed by atoms with E-state index in [0.717, 1.165) is 4.57 Å². The number of nitrogens with zero attached hydrogens (tertiary/aromatic N) is 1. The van der Waals surface area contributed by atoms with Crippen molar-refractivity contribution < 1.29 is 13.5 Å². The van der Waals surface area contributed by atoms with Crippen LogP contribution in [0, 0.1) is 5.82 Å². The summed E-state index contributed by atoms with van der Waals surface area (Å²) in [6, 6.07) is 8.97. The van der Waals surface area contributed by atoms with Gasteiger partial charge in [-0.05, 0) is 24.3 Å². The molecule has 0 spiro atoms. The molecule has 5 nitrogen and oxygen atoms in total. The zero-order valence-corrected chi connectivity index (χ0v) is 13.6. The molecule has 0 saturated carbocycles. The Balaban J connectivity index is 2.14. The first-order chi connectivity index (χ1) is 11.0. The Morgan fingerprint density at radius 2 is 2.00 bits per heavy atom. The van der Waals surface area contributed by atoms with E-state index >= 15 is 0 Å². The van der Waals surface area contributed by atoms with Gasteiger partial charge in [0, 0.05) is 16.1 Å². The minimum Gasteiger partial charge on any atom is -0.497 e. The van der Waals surface area contributed by atoms with Gasteiger partial charge < -0.3 is 9.15 Å². The van der Waals surface area contributed by atoms with Gasteiger partial charge in [-0.25, -0.2) is 13.8 Å². The van der Waals surface area contributed by atoms with Crippen molar-refractivity contribution >= 4 is 26.9 Å². The Morgan fingerprint density at radius 1 is 1.22 bits per heavy atom. The number of hydrogen-bond donors (Lipinski definition) is 0. The number of aromatic nitrogens is 1. The molecule has 2 aromatic carbocycles. The summed E-state index contributed by atoms with van der Waals surface area (Å²) >= 11 is 3.16. The Labute approximate surface area is 138 Å². The molecule has 1 aromatic heterocycles. The van der Waals surface area contributed by atoms with Crippen LogP contribution in [0.1, 0.15) is 5.56 Å². The van der Waals surface area contributed by atoms with E-state index in [1.54, 1.807) is 12.1 Å². The van der Waals surface area contributed by atoms with E-state index in [4.69, 9.17) is 9.15 Å². The van der Waals surface area contributed by atoms with Crippen molar-refractivity contribution in [3.05, 3.63) is 73.2 Å². The average Bonchev–Trinajstić information content (AvgIpc) is 2.52. The van der Waals surface area contributed by atoms with Gasteiger partial charge in [-0.15, -0.1) is 0 Å². The van der Waals surface area contributed by atoms with Crippen LogP contribution in [0.15, 0.2) is 54.9 Å². The summed E-state index contributed by atoms with van der Waals surface area (Å²) in [7, 11) is 1.47. The molecule has 0 aliphatic heterocycles. The normalized spacial score (nSPS) is 10.9. The highest BCUT2D eigenvalue weighted by molar-refractivity contribution is 9.10. The Bertz CT molecular complexity index is 1010. The third kappa shape index (κ3) is 2.92. The van der Waals surface area contributed by atoms with Gasteiger partial charge in [0.2, 0.25) is 0 Å². The predicted octanol–water partition coefficient (Wildman–Crippen LogP) is 2.91. The number of ether oxygens (including phenoxy) is 1. The molecule has 0 atom stereocenters. The molecule has 0 N–H and O–H groups in total. The summed E-state index contributed by atoms with van der Waals surface area (Å²) < 4.78 is 25.5. The van der Waals surface area contributed by atoms with Crippen LogP contribution >= 0.6 is 15.9 Å². The van der Waals surface area contributed by atoms with Crippen molar-refractivity contribution in [2.24, 2.45) is 0 Å². The largest absolute Gasteiger partial charge is 0.497 e. The average molecular weight is 380 g/mol. The van der Waals surface area contributed by atoms with Gasteiger partial charge in [0.05, 0.1) is 19.0 Å². The Kier molecular flexibility index (Phi) is 4.04.